The van der Waals surface area contributed by atoms with Crippen LogP contribution < -0.4 is 0 Å². The Labute approximate surface area is 164 Å². The fraction of sp³-hybridized carbons (Fsp3) is 0.652. The van der Waals surface area contributed by atoms with Crippen LogP contribution in [0.2, 0.25) is 0 Å². The fourth-order valence-electron chi connectivity index (χ4n) is 2.81. The molecule has 0 unspecified atom stereocenters. The molecule has 4 heteroatoms. The third kappa shape index (κ3) is 10.8. The molecule has 4 nitrogen and oxygen atoms in total. The zero-order valence-corrected chi connectivity index (χ0v) is 17.3. The van der Waals surface area contributed by atoms with Crippen LogP contribution in [-0.2, 0) is 9.47 Å². The summed E-state index contributed by atoms with van der Waals surface area (Å²) in [4.78, 5) is 24.2. The molecule has 0 bridgehead atoms. The zero-order chi connectivity index (χ0) is 19.9. The molecule has 27 heavy (non-hydrogen) atoms. The molecule has 1 aromatic rings. The van der Waals surface area contributed by atoms with Crippen molar-refractivity contribution in [1.29, 1.82) is 0 Å². The van der Waals surface area contributed by atoms with Crippen LogP contribution in [-0.4, -0.2) is 25.2 Å². The van der Waals surface area contributed by atoms with Crippen LogP contribution in [0, 0.1) is 5.92 Å². The molecule has 0 aromatic heterocycles. The van der Waals surface area contributed by atoms with E-state index in [0.29, 0.717) is 24.3 Å². The third-order valence-corrected chi connectivity index (χ3v) is 4.47. The number of rotatable bonds is 14. The highest BCUT2D eigenvalue weighted by Gasteiger charge is 2.12. The summed E-state index contributed by atoms with van der Waals surface area (Å²) in [7, 11) is 0. The van der Waals surface area contributed by atoms with Gasteiger partial charge >= 0.3 is 11.9 Å². The minimum Gasteiger partial charge on any atom is -0.462 e. The summed E-state index contributed by atoms with van der Waals surface area (Å²) in [5.41, 5.74) is 0.793. The van der Waals surface area contributed by atoms with E-state index >= 15 is 0 Å². The van der Waals surface area contributed by atoms with Gasteiger partial charge in [0.15, 0.2) is 0 Å². The van der Waals surface area contributed by atoms with Crippen molar-refractivity contribution in [2.45, 2.75) is 78.6 Å². The molecule has 0 atom stereocenters. The van der Waals surface area contributed by atoms with Crippen molar-refractivity contribution in [2.75, 3.05) is 13.2 Å². The van der Waals surface area contributed by atoms with Crippen molar-refractivity contribution in [3.8, 4) is 0 Å². The van der Waals surface area contributed by atoms with Gasteiger partial charge in [0, 0.05) is 0 Å². The van der Waals surface area contributed by atoms with Crippen LogP contribution in [0.1, 0.15) is 99.3 Å². The van der Waals surface area contributed by atoms with E-state index in [1.165, 1.54) is 25.7 Å². The molecule has 152 valence electrons. The summed E-state index contributed by atoms with van der Waals surface area (Å²) in [5.74, 6) is 0.00734. The average molecular weight is 377 g/mol. The van der Waals surface area contributed by atoms with Crippen molar-refractivity contribution in [3.05, 3.63) is 35.4 Å². The lowest BCUT2D eigenvalue weighted by atomic mass is 10.0. The third-order valence-electron chi connectivity index (χ3n) is 4.47. The molecule has 0 aliphatic heterocycles. The molecular formula is C23H36O4. The van der Waals surface area contributed by atoms with Gasteiger partial charge in [0.25, 0.3) is 0 Å². The van der Waals surface area contributed by atoms with Crippen LogP contribution in [0.4, 0.5) is 0 Å². The highest BCUT2D eigenvalue weighted by Crippen LogP contribution is 2.12. The zero-order valence-electron chi connectivity index (χ0n) is 17.3. The van der Waals surface area contributed by atoms with Crippen molar-refractivity contribution in [1.82, 2.24) is 0 Å². The van der Waals surface area contributed by atoms with Gasteiger partial charge in [-0.15, -0.1) is 0 Å². The normalized spacial score (nSPS) is 10.8. The Morgan fingerprint density at radius 3 is 1.89 bits per heavy atom. The first-order valence-corrected chi connectivity index (χ1v) is 10.5. The van der Waals surface area contributed by atoms with Gasteiger partial charge in [-0.3, -0.25) is 0 Å². The van der Waals surface area contributed by atoms with E-state index in [4.69, 9.17) is 9.47 Å². The molecule has 0 N–H and O–H groups in total. The SMILES string of the molecule is CCCCCOC(=O)c1cccc(C(=O)OCCCCCCCC(C)C)c1. The van der Waals surface area contributed by atoms with Crippen LogP contribution in [0.3, 0.4) is 0 Å². The lowest BCUT2D eigenvalue weighted by Crippen LogP contribution is -2.10. The number of hydrogen-bond acceptors (Lipinski definition) is 4. The first kappa shape index (κ1) is 23.2. The average Bonchev–Trinajstić information content (AvgIpc) is 2.66. The Morgan fingerprint density at radius 1 is 0.815 bits per heavy atom. The minimum absolute atomic E-state index is 0.379. The lowest BCUT2D eigenvalue weighted by molar-refractivity contribution is 0.0496. The van der Waals surface area contributed by atoms with Crippen LogP contribution in [0.15, 0.2) is 24.3 Å². The summed E-state index contributed by atoms with van der Waals surface area (Å²) in [6.45, 7) is 7.44. The molecular weight excluding hydrogens is 340 g/mol. The molecule has 1 rings (SSSR count). The summed E-state index contributed by atoms with van der Waals surface area (Å²) < 4.78 is 10.6. The molecule has 0 saturated carbocycles. The lowest BCUT2D eigenvalue weighted by Gasteiger charge is -2.08. The van der Waals surface area contributed by atoms with Gasteiger partial charge in [-0.05, 0) is 37.0 Å². The Hall–Kier alpha value is -1.84. The van der Waals surface area contributed by atoms with E-state index in [-0.39, 0.29) is 11.9 Å². The Balaban J connectivity index is 2.27. The largest absolute Gasteiger partial charge is 0.462 e. The standard InChI is InChI=1S/C23H36O4/c1-4-5-10-16-26-22(24)20-14-12-15-21(18-20)23(25)27-17-11-8-6-7-9-13-19(2)3/h12,14-15,18-19H,4-11,13,16-17H2,1-3H3. The molecule has 0 spiro atoms. The monoisotopic (exact) mass is 376 g/mol. The van der Waals surface area contributed by atoms with Crippen molar-refractivity contribution in [3.63, 3.8) is 0 Å². The van der Waals surface area contributed by atoms with Gasteiger partial charge < -0.3 is 9.47 Å². The number of ether oxygens (including phenoxy) is 2. The van der Waals surface area contributed by atoms with E-state index in [2.05, 4.69) is 20.8 Å². The molecule has 0 aliphatic carbocycles. The maximum Gasteiger partial charge on any atom is 0.338 e. The Morgan fingerprint density at radius 2 is 1.33 bits per heavy atom. The number of benzene rings is 1. The van der Waals surface area contributed by atoms with E-state index < -0.39 is 0 Å². The summed E-state index contributed by atoms with van der Waals surface area (Å²) in [5, 5.41) is 0. The summed E-state index contributed by atoms with van der Waals surface area (Å²) >= 11 is 0. The first-order valence-electron chi connectivity index (χ1n) is 10.5. The van der Waals surface area contributed by atoms with Crippen molar-refractivity contribution in [2.24, 2.45) is 5.92 Å². The molecule has 0 fully saturated rings. The number of carbonyl (C=O) groups is 2. The summed E-state index contributed by atoms with van der Waals surface area (Å²) in [6, 6.07) is 6.57. The Kier molecular flexibility index (Phi) is 12.2. The van der Waals surface area contributed by atoms with E-state index in [1.807, 2.05) is 0 Å². The first-order chi connectivity index (χ1) is 13.0. The second kappa shape index (κ2) is 14.2. The van der Waals surface area contributed by atoms with E-state index in [0.717, 1.165) is 38.0 Å². The topological polar surface area (TPSA) is 52.6 Å². The smallest absolute Gasteiger partial charge is 0.338 e. The second-order valence-corrected chi connectivity index (χ2v) is 7.51. The molecule has 0 aliphatic rings. The van der Waals surface area contributed by atoms with Crippen LogP contribution >= 0.6 is 0 Å². The number of carbonyl (C=O) groups excluding carboxylic acids is 2. The predicted molar refractivity (Wildman–Crippen MR) is 109 cm³/mol. The van der Waals surface area contributed by atoms with Crippen LogP contribution in [0.5, 0.6) is 0 Å². The van der Waals surface area contributed by atoms with Crippen molar-refractivity contribution < 1.29 is 19.1 Å². The highest BCUT2D eigenvalue weighted by atomic mass is 16.5. The van der Waals surface area contributed by atoms with E-state index in [9.17, 15) is 9.59 Å². The van der Waals surface area contributed by atoms with Gasteiger partial charge in [-0.2, -0.15) is 0 Å². The number of esters is 2. The molecule has 1 aromatic carbocycles. The molecule has 0 amide bonds. The number of hydrogen-bond donors (Lipinski definition) is 0. The Bertz CT molecular complexity index is 551. The number of unbranched alkanes of at least 4 members (excludes halogenated alkanes) is 6. The maximum atomic E-state index is 12.2. The van der Waals surface area contributed by atoms with Gasteiger partial charge in [-0.1, -0.05) is 71.8 Å². The molecule has 0 saturated heterocycles. The van der Waals surface area contributed by atoms with E-state index in [1.54, 1.807) is 24.3 Å². The van der Waals surface area contributed by atoms with Crippen molar-refractivity contribution >= 4 is 11.9 Å². The second-order valence-electron chi connectivity index (χ2n) is 7.51. The van der Waals surface area contributed by atoms with Gasteiger partial charge in [-0.25, -0.2) is 9.59 Å². The molecule has 0 heterocycles. The van der Waals surface area contributed by atoms with Gasteiger partial charge in [0.1, 0.15) is 0 Å². The highest BCUT2D eigenvalue weighted by molar-refractivity contribution is 5.95. The quantitative estimate of drug-likeness (QED) is 0.287. The predicted octanol–water partition coefficient (Wildman–Crippen LogP) is 6.19. The minimum atomic E-state index is -0.387. The van der Waals surface area contributed by atoms with Gasteiger partial charge in [0.05, 0.1) is 24.3 Å². The van der Waals surface area contributed by atoms with Gasteiger partial charge in [0.2, 0.25) is 0 Å². The van der Waals surface area contributed by atoms with Crippen LogP contribution in [0.25, 0.3) is 0 Å². The summed E-state index contributed by atoms with van der Waals surface area (Å²) in [6.07, 6.45) is 9.93. The maximum absolute atomic E-state index is 12.2. The fourth-order valence-corrected chi connectivity index (χ4v) is 2.81. The molecule has 0 radical (unpaired) electrons.